The third-order valence-electron chi connectivity index (χ3n) is 14.1. The average Bonchev–Trinajstić information content (AvgIpc) is 3.12. The Morgan fingerprint density at radius 3 is 0.857 bits per heavy atom. The van der Waals surface area contributed by atoms with Crippen LogP contribution in [-0.4, -0.2) is 47.8 Å². The molecule has 4 fully saturated rings. The van der Waals surface area contributed by atoms with Crippen molar-refractivity contribution in [2.75, 3.05) is 0 Å². The van der Waals surface area contributed by atoms with Crippen molar-refractivity contribution >= 4 is 23.6 Å². The van der Waals surface area contributed by atoms with Crippen LogP contribution in [0.2, 0.25) is 0 Å². The topological polar surface area (TPSA) is 116 Å². The zero-order valence-electron chi connectivity index (χ0n) is 37.3. The van der Waals surface area contributed by atoms with Crippen LogP contribution in [-0.2, 0) is 19.2 Å². The van der Waals surface area contributed by atoms with Crippen LogP contribution in [0.3, 0.4) is 0 Å². The van der Waals surface area contributed by atoms with Gasteiger partial charge in [-0.2, -0.15) is 0 Å². The summed E-state index contributed by atoms with van der Waals surface area (Å²) in [5.74, 6) is 1.07. The van der Waals surface area contributed by atoms with E-state index in [1.165, 1.54) is 12.8 Å². The van der Waals surface area contributed by atoms with Crippen LogP contribution < -0.4 is 21.3 Å². The summed E-state index contributed by atoms with van der Waals surface area (Å²) in [6.45, 7) is 18.0. The molecule has 4 aliphatic rings. The molecule has 322 valence electrons. The molecule has 10 atom stereocenters. The van der Waals surface area contributed by atoms with Crippen molar-refractivity contribution < 1.29 is 19.2 Å². The molecule has 0 heterocycles. The third-order valence-corrected chi connectivity index (χ3v) is 14.1. The van der Waals surface area contributed by atoms with Gasteiger partial charge in [-0.05, 0) is 124 Å². The number of hydrogen-bond donors (Lipinski definition) is 4. The van der Waals surface area contributed by atoms with Gasteiger partial charge < -0.3 is 21.3 Å². The zero-order chi connectivity index (χ0) is 40.8. The summed E-state index contributed by atoms with van der Waals surface area (Å²) in [7, 11) is 0. The van der Waals surface area contributed by atoms with Gasteiger partial charge in [0, 0.05) is 37.0 Å². The summed E-state index contributed by atoms with van der Waals surface area (Å²) < 4.78 is 0. The first kappa shape index (κ1) is 46.6. The number of carbonyl (C=O) groups is 4. The molecule has 0 aromatic heterocycles. The van der Waals surface area contributed by atoms with Crippen molar-refractivity contribution in [2.45, 2.75) is 221 Å². The zero-order valence-corrected chi connectivity index (χ0v) is 37.3. The van der Waals surface area contributed by atoms with Crippen molar-refractivity contribution in [3.05, 3.63) is 0 Å². The van der Waals surface area contributed by atoms with E-state index in [0.717, 1.165) is 116 Å². The van der Waals surface area contributed by atoms with E-state index in [-0.39, 0.29) is 60.6 Å². The fourth-order valence-electron chi connectivity index (χ4n) is 11.5. The highest BCUT2D eigenvalue weighted by molar-refractivity contribution is 5.94. The first-order valence-corrected chi connectivity index (χ1v) is 23.9. The molecule has 0 bridgehead atoms. The van der Waals surface area contributed by atoms with Gasteiger partial charge in [-0.25, -0.2) is 0 Å². The van der Waals surface area contributed by atoms with E-state index in [0.29, 0.717) is 47.3 Å². The van der Waals surface area contributed by atoms with Gasteiger partial charge in [0.2, 0.25) is 23.6 Å². The van der Waals surface area contributed by atoms with Gasteiger partial charge in [0.15, 0.2) is 0 Å². The maximum absolute atomic E-state index is 14.9. The van der Waals surface area contributed by atoms with Crippen molar-refractivity contribution in [1.82, 2.24) is 21.3 Å². The highest BCUT2D eigenvalue weighted by atomic mass is 16.2. The Bertz CT molecular complexity index is 1130. The molecular weight excluding hydrogens is 697 g/mol. The summed E-state index contributed by atoms with van der Waals surface area (Å²) in [6, 6.07) is 0.191. The first-order chi connectivity index (χ1) is 26.7. The Hall–Kier alpha value is -2.12. The van der Waals surface area contributed by atoms with E-state index in [1.54, 1.807) is 0 Å². The molecule has 4 amide bonds. The maximum atomic E-state index is 14.9. The number of hydrogen-bond acceptors (Lipinski definition) is 4. The van der Waals surface area contributed by atoms with E-state index in [4.69, 9.17) is 0 Å². The van der Waals surface area contributed by atoms with Gasteiger partial charge in [0.25, 0.3) is 0 Å². The van der Waals surface area contributed by atoms with Gasteiger partial charge in [-0.3, -0.25) is 19.2 Å². The molecule has 56 heavy (non-hydrogen) atoms. The molecule has 0 spiro atoms. The SMILES string of the molecule is CC(C)CC1CCCCC1NC(=O)CC(C(=O)NC1CCCCC1CC(C)C)C(CC(=O)NC1CCCCC1CC(C)C)C(=O)NC1CCCCC1CC(C)C. The third kappa shape index (κ3) is 15.2. The Kier molecular flexibility index (Phi) is 19.5. The van der Waals surface area contributed by atoms with Gasteiger partial charge in [-0.15, -0.1) is 0 Å². The Morgan fingerprint density at radius 2 is 0.607 bits per heavy atom. The van der Waals surface area contributed by atoms with Crippen molar-refractivity contribution in [3.8, 4) is 0 Å². The maximum Gasteiger partial charge on any atom is 0.224 e. The van der Waals surface area contributed by atoms with E-state index in [1.807, 2.05) is 0 Å². The fourth-order valence-corrected chi connectivity index (χ4v) is 11.5. The molecular formula is C48H86N4O4. The molecule has 4 aliphatic carbocycles. The van der Waals surface area contributed by atoms with Gasteiger partial charge in [0.05, 0.1) is 11.8 Å². The van der Waals surface area contributed by atoms with Crippen molar-refractivity contribution in [3.63, 3.8) is 0 Å². The smallest absolute Gasteiger partial charge is 0.224 e. The second kappa shape index (κ2) is 23.5. The number of nitrogens with one attached hydrogen (secondary N) is 4. The quantitative estimate of drug-likeness (QED) is 0.104. The largest absolute Gasteiger partial charge is 0.353 e. The number of carbonyl (C=O) groups excluding carboxylic acids is 4. The van der Waals surface area contributed by atoms with E-state index in [9.17, 15) is 19.2 Å². The van der Waals surface area contributed by atoms with Crippen LogP contribution in [0.4, 0.5) is 0 Å². The molecule has 0 saturated heterocycles. The summed E-state index contributed by atoms with van der Waals surface area (Å²) in [4.78, 5) is 58.3. The lowest BCUT2D eigenvalue weighted by atomic mass is 9.77. The van der Waals surface area contributed by atoms with Crippen LogP contribution in [0.1, 0.15) is 197 Å². The highest BCUT2D eigenvalue weighted by Crippen LogP contribution is 2.35. The van der Waals surface area contributed by atoms with Crippen LogP contribution in [0.5, 0.6) is 0 Å². The van der Waals surface area contributed by atoms with Crippen LogP contribution in [0, 0.1) is 59.2 Å². The molecule has 4 N–H and O–H groups in total. The molecule has 10 unspecified atom stereocenters. The van der Waals surface area contributed by atoms with E-state index >= 15 is 0 Å². The fraction of sp³-hybridized carbons (Fsp3) is 0.917. The summed E-state index contributed by atoms with van der Waals surface area (Å²) >= 11 is 0. The normalized spacial score (nSPS) is 29.9. The van der Waals surface area contributed by atoms with Crippen LogP contribution in [0.25, 0.3) is 0 Å². The number of rotatable bonds is 19. The van der Waals surface area contributed by atoms with Crippen molar-refractivity contribution in [2.24, 2.45) is 59.2 Å². The summed E-state index contributed by atoms with van der Waals surface area (Å²) in [5, 5.41) is 13.7. The Morgan fingerprint density at radius 1 is 0.375 bits per heavy atom. The van der Waals surface area contributed by atoms with Gasteiger partial charge in [0.1, 0.15) is 0 Å². The summed E-state index contributed by atoms with van der Waals surface area (Å²) in [5.41, 5.74) is 0. The lowest BCUT2D eigenvalue weighted by molar-refractivity contribution is -0.141. The second-order valence-electron chi connectivity index (χ2n) is 20.9. The lowest BCUT2D eigenvalue weighted by Crippen LogP contribution is -2.53. The molecule has 8 heteroatoms. The standard InChI is InChI=1S/C48H86N4O4/c1-31(2)25-35-17-9-13-21-41(35)49-45(53)29-39(47(55)51-43-23-15-11-19-37(43)27-33(5)6)40(48(56)52-44-24-16-12-20-38(44)28-34(7)8)30-46(54)50-42-22-14-10-18-36(42)26-32(3)4/h31-44H,9-30H2,1-8H3,(H,49,53)(H,50,54)(H,51,55)(H,52,56). The Labute approximate surface area is 343 Å². The van der Waals surface area contributed by atoms with Crippen LogP contribution >= 0.6 is 0 Å². The van der Waals surface area contributed by atoms with Crippen molar-refractivity contribution in [1.29, 1.82) is 0 Å². The van der Waals surface area contributed by atoms with Gasteiger partial charge >= 0.3 is 0 Å². The molecule has 4 saturated carbocycles. The second-order valence-corrected chi connectivity index (χ2v) is 20.9. The predicted molar refractivity (Wildman–Crippen MR) is 230 cm³/mol. The predicted octanol–water partition coefficient (Wildman–Crippen LogP) is 9.88. The van der Waals surface area contributed by atoms with E-state index < -0.39 is 11.8 Å². The molecule has 0 radical (unpaired) electrons. The lowest BCUT2D eigenvalue weighted by Gasteiger charge is -2.37. The minimum absolute atomic E-state index is 0.0170. The number of amides is 4. The molecule has 0 aromatic rings. The Balaban J connectivity index is 1.65. The molecule has 0 aliphatic heterocycles. The molecule has 0 aromatic carbocycles. The highest BCUT2D eigenvalue weighted by Gasteiger charge is 2.42. The van der Waals surface area contributed by atoms with E-state index in [2.05, 4.69) is 76.7 Å². The van der Waals surface area contributed by atoms with Crippen LogP contribution in [0.15, 0.2) is 0 Å². The first-order valence-electron chi connectivity index (χ1n) is 23.9. The summed E-state index contributed by atoms with van der Waals surface area (Å²) in [6.07, 6.45) is 21.1. The molecule has 8 nitrogen and oxygen atoms in total. The molecule has 4 rings (SSSR count). The van der Waals surface area contributed by atoms with Gasteiger partial charge in [-0.1, -0.05) is 107 Å². The minimum atomic E-state index is -0.931. The monoisotopic (exact) mass is 783 g/mol. The average molecular weight is 783 g/mol. The minimum Gasteiger partial charge on any atom is -0.353 e.